The minimum absolute atomic E-state index is 0.0992. The predicted octanol–water partition coefficient (Wildman–Crippen LogP) is 3.84. The summed E-state index contributed by atoms with van der Waals surface area (Å²) in [5, 5.41) is 0.861. The molecule has 0 saturated carbocycles. The van der Waals surface area contributed by atoms with Crippen LogP contribution >= 0.6 is 11.3 Å². The molecule has 3 heterocycles. The maximum atomic E-state index is 13.1. The number of nitrogens with two attached hydrogens (primary N) is 1. The highest BCUT2D eigenvalue weighted by molar-refractivity contribution is 7.15. The molecule has 0 radical (unpaired) electrons. The topological polar surface area (TPSA) is 87.9 Å². The van der Waals surface area contributed by atoms with E-state index in [1.54, 1.807) is 35.6 Å². The van der Waals surface area contributed by atoms with Crippen molar-refractivity contribution in [1.29, 1.82) is 0 Å². The zero-order chi connectivity index (χ0) is 21.4. The molecular weight excluding hydrogens is 413 g/mol. The Morgan fingerprint density at radius 2 is 1.84 bits per heavy atom. The molecule has 5 rings (SSSR count). The van der Waals surface area contributed by atoms with E-state index in [4.69, 9.17) is 10.7 Å². The van der Waals surface area contributed by atoms with Crippen molar-refractivity contribution in [1.82, 2.24) is 19.9 Å². The molecule has 0 aliphatic carbocycles. The molecular formula is C23H20FN5OS. The van der Waals surface area contributed by atoms with Crippen LogP contribution in [-0.2, 0) is 19.5 Å². The minimum Gasteiger partial charge on any atom is -0.399 e. The maximum absolute atomic E-state index is 13.1. The van der Waals surface area contributed by atoms with E-state index in [2.05, 4.69) is 14.9 Å². The molecule has 0 fully saturated rings. The first-order valence-electron chi connectivity index (χ1n) is 9.96. The van der Waals surface area contributed by atoms with Gasteiger partial charge in [-0.05, 0) is 48.5 Å². The lowest BCUT2D eigenvalue weighted by atomic mass is 10.1. The number of benzene rings is 2. The quantitative estimate of drug-likeness (QED) is 0.478. The first kappa shape index (κ1) is 19.6. The first-order valence-corrected chi connectivity index (χ1v) is 10.8. The van der Waals surface area contributed by atoms with E-state index in [1.165, 1.54) is 12.1 Å². The van der Waals surface area contributed by atoms with Crippen molar-refractivity contribution in [3.05, 3.63) is 87.0 Å². The number of H-pyrrole nitrogens is 1. The number of thiazole rings is 1. The monoisotopic (exact) mass is 433 g/mol. The van der Waals surface area contributed by atoms with Gasteiger partial charge in [0, 0.05) is 53.9 Å². The number of hydrogen-bond acceptors (Lipinski definition) is 6. The first-order chi connectivity index (χ1) is 15.0. The van der Waals surface area contributed by atoms with Gasteiger partial charge >= 0.3 is 0 Å². The van der Waals surface area contributed by atoms with Crippen LogP contribution in [0.25, 0.3) is 22.0 Å². The number of halogens is 1. The Kier molecular flexibility index (Phi) is 5.09. The number of rotatable bonds is 4. The molecule has 2 aromatic carbocycles. The summed E-state index contributed by atoms with van der Waals surface area (Å²) in [6, 6.07) is 13.7. The number of nitrogen functional groups attached to an aromatic ring is 1. The number of nitrogens with one attached hydrogen (secondary N) is 1. The van der Waals surface area contributed by atoms with Gasteiger partial charge in [-0.3, -0.25) is 9.69 Å². The Bertz CT molecular complexity index is 1280. The van der Waals surface area contributed by atoms with Crippen molar-refractivity contribution < 1.29 is 4.39 Å². The highest BCUT2D eigenvalue weighted by Gasteiger charge is 2.22. The van der Waals surface area contributed by atoms with Gasteiger partial charge < -0.3 is 10.7 Å². The average molecular weight is 434 g/mol. The Hall–Kier alpha value is -3.36. The molecule has 6 nitrogen and oxygen atoms in total. The molecule has 31 heavy (non-hydrogen) atoms. The van der Waals surface area contributed by atoms with E-state index in [-0.39, 0.29) is 11.4 Å². The standard InChI is InChI=1S/C23H20FN5OS/c24-16-5-1-15(2-6-16)23-26-11-18(31-23)12-29-10-9-20-19(13-29)22(30)28-21(27-20)14-3-7-17(25)8-4-14/h1-8,11H,9-10,12-13,25H2,(H,27,28,30). The van der Waals surface area contributed by atoms with Gasteiger partial charge in [0.05, 0.1) is 11.3 Å². The summed E-state index contributed by atoms with van der Waals surface area (Å²) in [6.45, 7) is 2.06. The molecule has 0 unspecified atom stereocenters. The average Bonchev–Trinajstić information content (AvgIpc) is 3.23. The van der Waals surface area contributed by atoms with Crippen molar-refractivity contribution in [2.75, 3.05) is 12.3 Å². The van der Waals surface area contributed by atoms with E-state index in [0.29, 0.717) is 36.6 Å². The van der Waals surface area contributed by atoms with Crippen LogP contribution in [-0.4, -0.2) is 26.4 Å². The Labute approximate surface area is 182 Å². The van der Waals surface area contributed by atoms with E-state index >= 15 is 0 Å². The van der Waals surface area contributed by atoms with Gasteiger partial charge in [-0.25, -0.2) is 14.4 Å². The number of anilines is 1. The van der Waals surface area contributed by atoms with Crippen LogP contribution in [0.3, 0.4) is 0 Å². The lowest BCUT2D eigenvalue weighted by molar-refractivity contribution is 0.244. The molecule has 0 atom stereocenters. The molecule has 2 aromatic heterocycles. The molecule has 1 aliphatic rings. The van der Waals surface area contributed by atoms with E-state index < -0.39 is 0 Å². The summed E-state index contributed by atoms with van der Waals surface area (Å²) in [7, 11) is 0. The van der Waals surface area contributed by atoms with Crippen molar-refractivity contribution >= 4 is 17.0 Å². The van der Waals surface area contributed by atoms with E-state index in [0.717, 1.165) is 33.3 Å². The third-order valence-electron chi connectivity index (χ3n) is 5.36. The van der Waals surface area contributed by atoms with E-state index in [1.807, 2.05) is 18.3 Å². The smallest absolute Gasteiger partial charge is 0.255 e. The lowest BCUT2D eigenvalue weighted by Crippen LogP contribution is -2.35. The fourth-order valence-corrected chi connectivity index (χ4v) is 4.68. The van der Waals surface area contributed by atoms with Crippen molar-refractivity contribution in [2.24, 2.45) is 0 Å². The molecule has 0 spiro atoms. The van der Waals surface area contributed by atoms with Crippen LogP contribution in [0.5, 0.6) is 0 Å². The number of aromatic nitrogens is 3. The minimum atomic E-state index is -0.258. The molecule has 4 aromatic rings. The van der Waals surface area contributed by atoms with Crippen LogP contribution in [0, 0.1) is 5.82 Å². The summed E-state index contributed by atoms with van der Waals surface area (Å²) < 4.78 is 13.1. The molecule has 1 aliphatic heterocycles. The van der Waals surface area contributed by atoms with Crippen LogP contribution in [0.1, 0.15) is 16.1 Å². The van der Waals surface area contributed by atoms with Gasteiger partial charge in [0.1, 0.15) is 16.6 Å². The highest BCUT2D eigenvalue weighted by atomic mass is 32.1. The zero-order valence-electron chi connectivity index (χ0n) is 16.6. The van der Waals surface area contributed by atoms with Gasteiger partial charge in [0.2, 0.25) is 0 Å². The summed E-state index contributed by atoms with van der Waals surface area (Å²) in [5.74, 6) is 0.314. The second-order valence-electron chi connectivity index (χ2n) is 7.56. The summed E-state index contributed by atoms with van der Waals surface area (Å²) >= 11 is 1.58. The predicted molar refractivity (Wildman–Crippen MR) is 120 cm³/mol. The number of fused-ring (bicyclic) bond motifs is 1. The number of nitrogens with zero attached hydrogens (tertiary/aromatic N) is 3. The molecule has 3 N–H and O–H groups in total. The second-order valence-corrected chi connectivity index (χ2v) is 8.68. The molecule has 0 bridgehead atoms. The van der Waals surface area contributed by atoms with Crippen LogP contribution in [0.4, 0.5) is 10.1 Å². The zero-order valence-corrected chi connectivity index (χ0v) is 17.5. The third kappa shape index (κ3) is 4.12. The fraction of sp³-hybridized carbons (Fsp3) is 0.174. The van der Waals surface area contributed by atoms with Gasteiger partial charge in [-0.15, -0.1) is 11.3 Å². The highest BCUT2D eigenvalue weighted by Crippen LogP contribution is 2.27. The molecule has 0 saturated heterocycles. The molecule has 156 valence electrons. The fourth-order valence-electron chi connectivity index (χ4n) is 3.72. The van der Waals surface area contributed by atoms with Crippen LogP contribution < -0.4 is 11.3 Å². The van der Waals surface area contributed by atoms with Gasteiger partial charge in [-0.1, -0.05) is 0 Å². The van der Waals surface area contributed by atoms with Crippen LogP contribution in [0.2, 0.25) is 0 Å². The van der Waals surface area contributed by atoms with Gasteiger partial charge in [0.25, 0.3) is 5.56 Å². The second kappa shape index (κ2) is 8.05. The van der Waals surface area contributed by atoms with Crippen molar-refractivity contribution in [2.45, 2.75) is 19.5 Å². The van der Waals surface area contributed by atoms with Crippen molar-refractivity contribution in [3.63, 3.8) is 0 Å². The maximum Gasteiger partial charge on any atom is 0.255 e. The normalized spacial score (nSPS) is 13.8. The summed E-state index contributed by atoms with van der Waals surface area (Å²) in [4.78, 5) is 28.2. The van der Waals surface area contributed by atoms with Crippen molar-refractivity contribution in [3.8, 4) is 22.0 Å². The van der Waals surface area contributed by atoms with Gasteiger partial charge in [0.15, 0.2) is 0 Å². The number of aromatic amines is 1. The summed E-state index contributed by atoms with van der Waals surface area (Å²) in [5.41, 5.74) is 9.63. The Morgan fingerprint density at radius 1 is 1.10 bits per heavy atom. The third-order valence-corrected chi connectivity index (χ3v) is 6.39. The summed E-state index contributed by atoms with van der Waals surface area (Å²) in [6.07, 6.45) is 2.57. The molecule has 8 heteroatoms. The largest absolute Gasteiger partial charge is 0.399 e. The van der Waals surface area contributed by atoms with Crippen LogP contribution in [0.15, 0.2) is 59.5 Å². The molecule has 0 amide bonds. The van der Waals surface area contributed by atoms with Gasteiger partial charge in [-0.2, -0.15) is 0 Å². The SMILES string of the molecule is Nc1ccc(-c2nc3c(c(=O)[nH]2)CN(Cc2cnc(-c4ccc(F)cc4)s2)CC3)cc1. The lowest BCUT2D eigenvalue weighted by Gasteiger charge is -2.27. The Balaban J connectivity index is 1.32. The van der Waals surface area contributed by atoms with E-state index in [9.17, 15) is 9.18 Å². The number of hydrogen-bond donors (Lipinski definition) is 2. The Morgan fingerprint density at radius 3 is 2.61 bits per heavy atom.